The third-order valence-corrected chi connectivity index (χ3v) is 4.79. The van der Waals surface area contributed by atoms with E-state index < -0.39 is 0 Å². The number of carbonyl (C=O) groups excluding carboxylic acids is 2. The SMILES string of the molecule is CC(=O)c1cccc(-c2cncc(CN3CCC(C(N)=O)CC3)c2)c1. The van der Waals surface area contributed by atoms with Crippen molar-refractivity contribution in [3.05, 3.63) is 53.9 Å². The van der Waals surface area contributed by atoms with E-state index >= 15 is 0 Å². The molecule has 2 heterocycles. The first kappa shape index (κ1) is 17.3. The molecule has 130 valence electrons. The van der Waals surface area contributed by atoms with E-state index in [0.29, 0.717) is 5.56 Å². The highest BCUT2D eigenvalue weighted by Gasteiger charge is 2.23. The molecule has 0 radical (unpaired) electrons. The van der Waals surface area contributed by atoms with Gasteiger partial charge in [0.2, 0.25) is 5.91 Å². The molecule has 0 bridgehead atoms. The molecule has 1 aliphatic heterocycles. The van der Waals surface area contributed by atoms with E-state index in [1.165, 1.54) is 0 Å². The molecule has 1 aliphatic rings. The highest BCUT2D eigenvalue weighted by molar-refractivity contribution is 5.95. The van der Waals surface area contributed by atoms with Gasteiger partial charge in [-0.3, -0.25) is 19.5 Å². The zero-order chi connectivity index (χ0) is 17.8. The monoisotopic (exact) mass is 337 g/mol. The summed E-state index contributed by atoms with van der Waals surface area (Å²) in [7, 11) is 0. The molecule has 0 aliphatic carbocycles. The third-order valence-electron chi connectivity index (χ3n) is 4.79. The molecular weight excluding hydrogens is 314 g/mol. The minimum absolute atomic E-state index is 0.00929. The zero-order valence-electron chi connectivity index (χ0n) is 14.4. The summed E-state index contributed by atoms with van der Waals surface area (Å²) in [5.41, 5.74) is 9.23. The molecule has 0 atom stereocenters. The van der Waals surface area contributed by atoms with Crippen molar-refractivity contribution in [2.45, 2.75) is 26.3 Å². The van der Waals surface area contributed by atoms with E-state index in [1.54, 1.807) is 6.92 Å². The largest absolute Gasteiger partial charge is 0.369 e. The molecule has 1 saturated heterocycles. The summed E-state index contributed by atoms with van der Waals surface area (Å²) in [5, 5.41) is 0. The lowest BCUT2D eigenvalue weighted by atomic mass is 9.96. The number of rotatable bonds is 5. The van der Waals surface area contributed by atoms with Crippen LogP contribution in [0.15, 0.2) is 42.7 Å². The van der Waals surface area contributed by atoms with Crippen LogP contribution in [0.4, 0.5) is 0 Å². The smallest absolute Gasteiger partial charge is 0.220 e. The molecule has 1 amide bonds. The first-order chi connectivity index (χ1) is 12.0. The van der Waals surface area contributed by atoms with E-state index in [1.807, 2.05) is 36.7 Å². The summed E-state index contributed by atoms with van der Waals surface area (Å²) in [6.45, 7) is 4.12. The second-order valence-electron chi connectivity index (χ2n) is 6.67. The molecule has 0 unspecified atom stereocenters. The van der Waals surface area contributed by atoms with Crippen LogP contribution in [-0.2, 0) is 11.3 Å². The Morgan fingerprint density at radius 3 is 2.60 bits per heavy atom. The van der Waals surface area contributed by atoms with Gasteiger partial charge in [0.05, 0.1) is 0 Å². The molecule has 2 N–H and O–H groups in total. The minimum atomic E-state index is -0.186. The summed E-state index contributed by atoms with van der Waals surface area (Å²) in [4.78, 5) is 29.5. The summed E-state index contributed by atoms with van der Waals surface area (Å²) < 4.78 is 0. The number of nitrogens with zero attached hydrogens (tertiary/aromatic N) is 2. The van der Waals surface area contributed by atoms with Crippen LogP contribution in [0.25, 0.3) is 11.1 Å². The Hall–Kier alpha value is -2.53. The number of primary amides is 1. The average Bonchev–Trinajstić information content (AvgIpc) is 2.62. The molecular formula is C20H23N3O2. The first-order valence-corrected chi connectivity index (χ1v) is 8.60. The van der Waals surface area contributed by atoms with Gasteiger partial charge in [0.1, 0.15) is 0 Å². The number of Topliss-reactive ketones (excluding diaryl/α,β-unsaturated/α-hetero) is 1. The Bertz CT molecular complexity index is 780. The quantitative estimate of drug-likeness (QED) is 0.851. The lowest BCUT2D eigenvalue weighted by Gasteiger charge is -2.30. The molecule has 2 aromatic rings. The Kier molecular flexibility index (Phi) is 5.24. The van der Waals surface area contributed by atoms with E-state index in [9.17, 15) is 9.59 Å². The van der Waals surface area contributed by atoms with Gasteiger partial charge in [-0.05, 0) is 56.1 Å². The molecule has 1 aromatic carbocycles. The van der Waals surface area contributed by atoms with E-state index in [2.05, 4.69) is 16.0 Å². The van der Waals surface area contributed by atoms with Crippen LogP contribution in [0.5, 0.6) is 0 Å². The number of benzene rings is 1. The Morgan fingerprint density at radius 1 is 1.16 bits per heavy atom. The maximum atomic E-state index is 11.6. The van der Waals surface area contributed by atoms with Crippen molar-refractivity contribution in [1.29, 1.82) is 0 Å². The highest BCUT2D eigenvalue weighted by atomic mass is 16.1. The Balaban J connectivity index is 1.71. The van der Waals surface area contributed by atoms with Crippen LogP contribution in [0.2, 0.25) is 0 Å². The molecule has 25 heavy (non-hydrogen) atoms. The van der Waals surface area contributed by atoms with Gasteiger partial charge in [-0.1, -0.05) is 18.2 Å². The van der Waals surface area contributed by atoms with E-state index in [0.717, 1.165) is 49.2 Å². The number of aromatic nitrogens is 1. The summed E-state index contributed by atoms with van der Waals surface area (Å²) >= 11 is 0. The lowest BCUT2D eigenvalue weighted by molar-refractivity contribution is -0.123. The van der Waals surface area contributed by atoms with Gasteiger partial charge >= 0.3 is 0 Å². The first-order valence-electron chi connectivity index (χ1n) is 8.60. The van der Waals surface area contributed by atoms with Crippen molar-refractivity contribution in [3.8, 4) is 11.1 Å². The van der Waals surface area contributed by atoms with Crippen molar-refractivity contribution in [2.24, 2.45) is 11.7 Å². The second-order valence-corrected chi connectivity index (χ2v) is 6.67. The summed E-state index contributed by atoms with van der Waals surface area (Å²) in [6.07, 6.45) is 5.34. The fraction of sp³-hybridized carbons (Fsp3) is 0.350. The van der Waals surface area contributed by atoms with Gasteiger partial charge in [0.25, 0.3) is 0 Å². The zero-order valence-corrected chi connectivity index (χ0v) is 14.4. The molecule has 1 fully saturated rings. The second kappa shape index (κ2) is 7.57. The van der Waals surface area contributed by atoms with Gasteiger partial charge in [-0.2, -0.15) is 0 Å². The van der Waals surface area contributed by atoms with Crippen LogP contribution < -0.4 is 5.73 Å². The van der Waals surface area contributed by atoms with Crippen molar-refractivity contribution in [1.82, 2.24) is 9.88 Å². The van der Waals surface area contributed by atoms with Gasteiger partial charge in [-0.15, -0.1) is 0 Å². The predicted octanol–water partition coefficient (Wildman–Crippen LogP) is 2.65. The van der Waals surface area contributed by atoms with Gasteiger partial charge in [0, 0.05) is 36.0 Å². The molecule has 0 saturated carbocycles. The predicted molar refractivity (Wildman–Crippen MR) is 96.9 cm³/mol. The minimum Gasteiger partial charge on any atom is -0.369 e. The fourth-order valence-corrected chi connectivity index (χ4v) is 3.28. The maximum absolute atomic E-state index is 11.6. The summed E-state index contributed by atoms with van der Waals surface area (Å²) in [6, 6.07) is 9.73. The van der Waals surface area contributed by atoms with Crippen molar-refractivity contribution < 1.29 is 9.59 Å². The third kappa shape index (κ3) is 4.31. The maximum Gasteiger partial charge on any atom is 0.220 e. The lowest BCUT2D eigenvalue weighted by Crippen LogP contribution is -2.38. The van der Waals surface area contributed by atoms with Crippen LogP contribution in [0, 0.1) is 5.92 Å². The van der Waals surface area contributed by atoms with Crippen LogP contribution >= 0.6 is 0 Å². The number of piperidine rings is 1. The van der Waals surface area contributed by atoms with E-state index in [4.69, 9.17) is 5.73 Å². The van der Waals surface area contributed by atoms with Crippen molar-refractivity contribution in [3.63, 3.8) is 0 Å². The van der Waals surface area contributed by atoms with Gasteiger partial charge in [0.15, 0.2) is 5.78 Å². The molecule has 0 spiro atoms. The molecule has 5 heteroatoms. The van der Waals surface area contributed by atoms with Crippen LogP contribution in [-0.4, -0.2) is 34.7 Å². The van der Waals surface area contributed by atoms with Crippen molar-refractivity contribution in [2.75, 3.05) is 13.1 Å². The molecule has 3 rings (SSSR count). The van der Waals surface area contributed by atoms with Gasteiger partial charge in [-0.25, -0.2) is 0 Å². The Labute approximate surface area is 147 Å². The number of carbonyl (C=O) groups is 2. The normalized spacial score (nSPS) is 15.9. The number of likely N-dealkylation sites (tertiary alicyclic amines) is 1. The molecule has 1 aromatic heterocycles. The number of pyridine rings is 1. The standard InChI is InChI=1S/C20H23N3O2/c1-14(24)17-3-2-4-18(10-17)19-9-15(11-22-12-19)13-23-7-5-16(6-8-23)20(21)25/h2-4,9-12,16H,5-8,13H2,1H3,(H2,21,25). The van der Waals surface area contributed by atoms with Crippen LogP contribution in [0.3, 0.4) is 0 Å². The summed E-state index contributed by atoms with van der Waals surface area (Å²) in [5.74, 6) is -0.119. The van der Waals surface area contributed by atoms with Crippen molar-refractivity contribution >= 4 is 11.7 Å². The average molecular weight is 337 g/mol. The number of amides is 1. The number of hydrogen-bond acceptors (Lipinski definition) is 4. The van der Waals surface area contributed by atoms with E-state index in [-0.39, 0.29) is 17.6 Å². The number of nitrogens with two attached hydrogens (primary N) is 1. The fourth-order valence-electron chi connectivity index (χ4n) is 3.28. The number of hydrogen-bond donors (Lipinski definition) is 1. The van der Waals surface area contributed by atoms with Crippen LogP contribution in [0.1, 0.15) is 35.7 Å². The van der Waals surface area contributed by atoms with Gasteiger partial charge < -0.3 is 5.73 Å². The molecule has 5 nitrogen and oxygen atoms in total. The topological polar surface area (TPSA) is 76.3 Å². The number of ketones is 1. The Morgan fingerprint density at radius 2 is 1.92 bits per heavy atom. The highest BCUT2D eigenvalue weighted by Crippen LogP contribution is 2.23.